The van der Waals surface area contributed by atoms with Gasteiger partial charge in [0.1, 0.15) is 0 Å². The average molecular weight is 268 g/mol. The van der Waals surface area contributed by atoms with Crippen molar-refractivity contribution in [2.24, 2.45) is 0 Å². The molecule has 0 amide bonds. The molecule has 0 saturated heterocycles. The summed E-state index contributed by atoms with van der Waals surface area (Å²) in [6.07, 6.45) is 8.35. The summed E-state index contributed by atoms with van der Waals surface area (Å²) in [6, 6.07) is 2.31. The van der Waals surface area contributed by atoms with Crippen molar-refractivity contribution < 1.29 is 9.90 Å². The van der Waals surface area contributed by atoms with Crippen LogP contribution in [-0.2, 0) is 11.2 Å². The fourth-order valence-electron chi connectivity index (χ4n) is 2.23. The Morgan fingerprint density at radius 1 is 1.11 bits per heavy atom. The van der Waals surface area contributed by atoms with E-state index in [4.69, 9.17) is 5.11 Å². The van der Waals surface area contributed by atoms with E-state index in [-0.39, 0.29) is 0 Å². The maximum absolute atomic E-state index is 10.3. The van der Waals surface area contributed by atoms with Crippen molar-refractivity contribution in [1.29, 1.82) is 0 Å². The summed E-state index contributed by atoms with van der Waals surface area (Å²) in [5.41, 5.74) is 1.52. The van der Waals surface area contributed by atoms with E-state index in [0.717, 1.165) is 12.8 Å². The summed E-state index contributed by atoms with van der Waals surface area (Å²) in [5, 5.41) is 8.51. The SMILES string of the molecule is Cc1cc(CCCCCCCCC(=O)O)c(C)s1. The van der Waals surface area contributed by atoms with Gasteiger partial charge in [-0.25, -0.2) is 0 Å². The Kier molecular flexibility index (Phi) is 7.02. The Morgan fingerprint density at radius 2 is 1.72 bits per heavy atom. The number of thiophene rings is 1. The zero-order valence-electron chi connectivity index (χ0n) is 11.5. The molecule has 0 aliphatic heterocycles. The van der Waals surface area contributed by atoms with Crippen molar-refractivity contribution in [2.75, 3.05) is 0 Å². The van der Waals surface area contributed by atoms with Crippen LogP contribution in [0.15, 0.2) is 6.07 Å². The van der Waals surface area contributed by atoms with Crippen molar-refractivity contribution in [3.63, 3.8) is 0 Å². The van der Waals surface area contributed by atoms with Gasteiger partial charge in [0.2, 0.25) is 0 Å². The van der Waals surface area contributed by atoms with Crippen molar-refractivity contribution >= 4 is 17.3 Å². The van der Waals surface area contributed by atoms with Crippen LogP contribution in [0.2, 0.25) is 0 Å². The molecule has 1 aromatic rings. The normalized spacial score (nSPS) is 10.8. The molecule has 1 rings (SSSR count). The number of rotatable bonds is 9. The molecule has 0 spiro atoms. The third-order valence-corrected chi connectivity index (χ3v) is 4.24. The smallest absolute Gasteiger partial charge is 0.303 e. The quantitative estimate of drug-likeness (QED) is 0.658. The van der Waals surface area contributed by atoms with Gasteiger partial charge in [0, 0.05) is 16.2 Å². The first-order valence-electron chi connectivity index (χ1n) is 6.87. The second-order valence-electron chi connectivity index (χ2n) is 4.95. The molecule has 1 N–H and O–H groups in total. The first-order chi connectivity index (χ1) is 8.59. The summed E-state index contributed by atoms with van der Waals surface area (Å²) in [7, 11) is 0. The van der Waals surface area contributed by atoms with E-state index >= 15 is 0 Å². The summed E-state index contributed by atoms with van der Waals surface area (Å²) in [4.78, 5) is 13.2. The van der Waals surface area contributed by atoms with Crippen LogP contribution in [0.3, 0.4) is 0 Å². The highest BCUT2D eigenvalue weighted by molar-refractivity contribution is 7.12. The van der Waals surface area contributed by atoms with Gasteiger partial charge in [0.15, 0.2) is 0 Å². The molecule has 0 aliphatic rings. The van der Waals surface area contributed by atoms with Gasteiger partial charge in [-0.1, -0.05) is 25.7 Å². The van der Waals surface area contributed by atoms with E-state index in [9.17, 15) is 4.79 Å². The van der Waals surface area contributed by atoms with Gasteiger partial charge in [0.05, 0.1) is 0 Å². The summed E-state index contributed by atoms with van der Waals surface area (Å²) >= 11 is 1.89. The van der Waals surface area contributed by atoms with Crippen molar-refractivity contribution in [2.45, 2.75) is 65.2 Å². The lowest BCUT2D eigenvalue weighted by molar-refractivity contribution is -0.137. The number of carboxylic acids is 1. The Bertz CT molecular complexity index is 369. The van der Waals surface area contributed by atoms with E-state index in [2.05, 4.69) is 19.9 Å². The largest absolute Gasteiger partial charge is 0.481 e. The molecule has 0 aromatic carbocycles. The number of carboxylic acid groups (broad SMARTS) is 1. The minimum absolute atomic E-state index is 0.327. The standard InChI is InChI=1S/C15H24O2S/c1-12-11-14(13(2)18-12)9-7-5-3-4-6-8-10-15(16)17/h11H,3-10H2,1-2H3,(H,16,17). The van der Waals surface area contributed by atoms with Crippen molar-refractivity contribution in [1.82, 2.24) is 0 Å². The van der Waals surface area contributed by atoms with Gasteiger partial charge in [0.25, 0.3) is 0 Å². The predicted molar refractivity (Wildman–Crippen MR) is 77.5 cm³/mol. The van der Waals surface area contributed by atoms with Gasteiger partial charge < -0.3 is 5.11 Å². The highest BCUT2D eigenvalue weighted by Crippen LogP contribution is 2.22. The zero-order valence-corrected chi connectivity index (χ0v) is 12.3. The van der Waals surface area contributed by atoms with Gasteiger partial charge in [-0.3, -0.25) is 4.79 Å². The summed E-state index contributed by atoms with van der Waals surface area (Å²) in [6.45, 7) is 4.38. The van der Waals surface area contributed by atoms with E-state index in [1.165, 1.54) is 47.4 Å². The second-order valence-corrected chi connectivity index (χ2v) is 6.41. The molecule has 0 radical (unpaired) electrons. The molecule has 0 aliphatic carbocycles. The first kappa shape index (κ1) is 15.2. The van der Waals surface area contributed by atoms with E-state index < -0.39 is 5.97 Å². The molecule has 1 heterocycles. The molecule has 2 nitrogen and oxygen atoms in total. The Morgan fingerprint density at radius 3 is 2.28 bits per heavy atom. The zero-order chi connectivity index (χ0) is 13.4. The fraction of sp³-hybridized carbons (Fsp3) is 0.667. The monoisotopic (exact) mass is 268 g/mol. The van der Waals surface area contributed by atoms with Crippen LogP contribution in [0.25, 0.3) is 0 Å². The molecule has 0 unspecified atom stereocenters. The molecule has 3 heteroatoms. The lowest BCUT2D eigenvalue weighted by Gasteiger charge is -2.01. The number of hydrogen-bond donors (Lipinski definition) is 1. The Labute approximate surface area is 114 Å². The molecule has 0 fully saturated rings. The Hall–Kier alpha value is -0.830. The Balaban J connectivity index is 1.99. The predicted octanol–water partition coefficient (Wildman–Crippen LogP) is 4.72. The highest BCUT2D eigenvalue weighted by atomic mass is 32.1. The van der Waals surface area contributed by atoms with E-state index in [1.54, 1.807) is 0 Å². The lowest BCUT2D eigenvalue weighted by Crippen LogP contribution is -1.93. The minimum Gasteiger partial charge on any atom is -0.481 e. The molecule has 0 atom stereocenters. The number of carbonyl (C=O) groups is 1. The minimum atomic E-state index is -0.668. The van der Waals surface area contributed by atoms with E-state index in [0.29, 0.717) is 6.42 Å². The maximum Gasteiger partial charge on any atom is 0.303 e. The molecule has 0 saturated carbocycles. The third kappa shape index (κ3) is 6.20. The van der Waals surface area contributed by atoms with Crippen LogP contribution >= 0.6 is 11.3 Å². The second kappa shape index (κ2) is 8.30. The molecule has 18 heavy (non-hydrogen) atoms. The number of hydrogen-bond acceptors (Lipinski definition) is 2. The highest BCUT2D eigenvalue weighted by Gasteiger charge is 2.02. The third-order valence-electron chi connectivity index (χ3n) is 3.23. The van der Waals surface area contributed by atoms with E-state index in [1.807, 2.05) is 11.3 Å². The number of aliphatic carboxylic acids is 1. The summed E-state index contributed by atoms with van der Waals surface area (Å²) in [5.74, 6) is -0.668. The van der Waals surface area contributed by atoms with Crippen LogP contribution in [0.1, 0.15) is 60.3 Å². The first-order valence-corrected chi connectivity index (χ1v) is 7.69. The number of aryl methyl sites for hydroxylation is 3. The lowest BCUT2D eigenvalue weighted by atomic mass is 10.0. The van der Waals surface area contributed by atoms with Gasteiger partial charge in [-0.15, -0.1) is 11.3 Å². The fourth-order valence-corrected chi connectivity index (χ4v) is 3.21. The average Bonchev–Trinajstić information content (AvgIpc) is 2.61. The molecular weight excluding hydrogens is 244 g/mol. The van der Waals surface area contributed by atoms with Crippen LogP contribution in [0.4, 0.5) is 0 Å². The van der Waals surface area contributed by atoms with Crippen LogP contribution in [0, 0.1) is 13.8 Å². The molecule has 0 bridgehead atoms. The van der Waals surface area contributed by atoms with Gasteiger partial charge >= 0.3 is 5.97 Å². The number of unbranched alkanes of at least 4 members (excludes halogenated alkanes) is 5. The van der Waals surface area contributed by atoms with Crippen LogP contribution in [-0.4, -0.2) is 11.1 Å². The molecular formula is C15H24O2S. The van der Waals surface area contributed by atoms with Gasteiger partial charge in [-0.2, -0.15) is 0 Å². The van der Waals surface area contributed by atoms with Gasteiger partial charge in [-0.05, 0) is 44.7 Å². The molecule has 1 aromatic heterocycles. The molecule has 102 valence electrons. The topological polar surface area (TPSA) is 37.3 Å². The van der Waals surface area contributed by atoms with Crippen LogP contribution in [0.5, 0.6) is 0 Å². The van der Waals surface area contributed by atoms with Crippen LogP contribution < -0.4 is 0 Å². The summed E-state index contributed by atoms with van der Waals surface area (Å²) < 4.78 is 0. The van der Waals surface area contributed by atoms with Crippen molar-refractivity contribution in [3.8, 4) is 0 Å². The maximum atomic E-state index is 10.3. The van der Waals surface area contributed by atoms with Crippen molar-refractivity contribution in [3.05, 3.63) is 21.4 Å².